The second-order valence-corrected chi connectivity index (χ2v) is 6.28. The predicted octanol–water partition coefficient (Wildman–Crippen LogP) is 1.74. The van der Waals surface area contributed by atoms with Crippen LogP contribution in [0.3, 0.4) is 0 Å². The molecule has 1 N–H and O–H groups in total. The molecule has 2 saturated heterocycles. The van der Waals surface area contributed by atoms with Crippen molar-refractivity contribution >= 4 is 18.3 Å². The van der Waals surface area contributed by atoms with Crippen LogP contribution < -0.4 is 5.32 Å². The largest absolute Gasteiger partial charge is 0.343 e. The number of likely N-dealkylation sites (N-methyl/N-ethyl adjacent to an activating group) is 2. The highest BCUT2D eigenvalue weighted by molar-refractivity contribution is 5.85. The Labute approximate surface area is 129 Å². The fraction of sp³-hybridized carbons (Fsp3) is 0.933. The Kier molecular flexibility index (Phi) is 7.27. The molecule has 2 aliphatic heterocycles. The summed E-state index contributed by atoms with van der Waals surface area (Å²) in [6.07, 6.45) is 4.70. The van der Waals surface area contributed by atoms with E-state index < -0.39 is 0 Å². The Morgan fingerprint density at radius 3 is 2.80 bits per heavy atom. The van der Waals surface area contributed by atoms with Crippen LogP contribution in [0.2, 0.25) is 0 Å². The van der Waals surface area contributed by atoms with Crippen molar-refractivity contribution in [2.45, 2.75) is 51.6 Å². The van der Waals surface area contributed by atoms with E-state index in [1.165, 1.54) is 25.8 Å². The topological polar surface area (TPSA) is 35.6 Å². The molecular weight excluding hydrogens is 274 g/mol. The number of carbonyl (C=O) groups is 1. The van der Waals surface area contributed by atoms with Gasteiger partial charge in [0.1, 0.15) is 0 Å². The van der Waals surface area contributed by atoms with Gasteiger partial charge in [0.25, 0.3) is 0 Å². The number of likely N-dealkylation sites (tertiary alicyclic amines) is 1. The fourth-order valence-electron chi connectivity index (χ4n) is 3.49. The summed E-state index contributed by atoms with van der Waals surface area (Å²) in [5.41, 5.74) is 0. The first-order valence-electron chi connectivity index (χ1n) is 7.84. The van der Waals surface area contributed by atoms with E-state index in [1.54, 1.807) is 0 Å². The average Bonchev–Trinajstić information content (AvgIpc) is 2.85. The molecule has 2 fully saturated rings. The molecule has 2 rings (SSSR count). The van der Waals surface area contributed by atoms with Crippen molar-refractivity contribution in [2.75, 3.05) is 33.2 Å². The third-order valence-corrected chi connectivity index (χ3v) is 4.73. The third-order valence-electron chi connectivity index (χ3n) is 4.73. The van der Waals surface area contributed by atoms with Gasteiger partial charge in [-0.2, -0.15) is 0 Å². The summed E-state index contributed by atoms with van der Waals surface area (Å²) in [6, 6.07) is 0.616. The van der Waals surface area contributed by atoms with E-state index in [2.05, 4.69) is 24.1 Å². The molecule has 20 heavy (non-hydrogen) atoms. The van der Waals surface area contributed by atoms with E-state index >= 15 is 0 Å². The molecule has 118 valence electrons. The lowest BCUT2D eigenvalue weighted by Crippen LogP contribution is -2.51. The Hall–Kier alpha value is -0.320. The summed E-state index contributed by atoms with van der Waals surface area (Å²) in [7, 11) is 1.97. The summed E-state index contributed by atoms with van der Waals surface area (Å²) in [6.45, 7) is 8.63. The van der Waals surface area contributed by atoms with Crippen LogP contribution in [0.1, 0.15) is 39.5 Å². The molecule has 2 heterocycles. The normalized spacial score (nSPS) is 30.9. The number of hydrogen-bond donors (Lipinski definition) is 1. The van der Waals surface area contributed by atoms with E-state index in [9.17, 15) is 4.79 Å². The molecule has 3 atom stereocenters. The van der Waals surface area contributed by atoms with E-state index in [0.717, 1.165) is 26.1 Å². The zero-order valence-electron chi connectivity index (χ0n) is 13.1. The van der Waals surface area contributed by atoms with Crippen molar-refractivity contribution in [3.8, 4) is 0 Å². The van der Waals surface area contributed by atoms with Crippen molar-refractivity contribution in [3.63, 3.8) is 0 Å². The predicted molar refractivity (Wildman–Crippen MR) is 85.3 cm³/mol. The van der Waals surface area contributed by atoms with Gasteiger partial charge < -0.3 is 10.2 Å². The first kappa shape index (κ1) is 17.7. The number of nitrogens with one attached hydrogen (secondary N) is 1. The molecule has 0 aliphatic carbocycles. The van der Waals surface area contributed by atoms with Crippen LogP contribution in [0.4, 0.5) is 0 Å². The molecule has 2 aliphatic rings. The van der Waals surface area contributed by atoms with E-state index in [4.69, 9.17) is 0 Å². The maximum Gasteiger partial charge on any atom is 0.239 e. The molecular formula is C15H30ClN3O. The van der Waals surface area contributed by atoms with Crippen LogP contribution in [0, 0.1) is 5.92 Å². The minimum atomic E-state index is 0. The smallest absolute Gasteiger partial charge is 0.239 e. The van der Waals surface area contributed by atoms with Gasteiger partial charge in [0.05, 0.1) is 6.04 Å². The molecule has 1 amide bonds. The summed E-state index contributed by atoms with van der Waals surface area (Å²) in [5, 5.41) is 3.38. The van der Waals surface area contributed by atoms with Crippen molar-refractivity contribution in [1.82, 2.24) is 15.1 Å². The summed E-state index contributed by atoms with van der Waals surface area (Å²) < 4.78 is 0. The van der Waals surface area contributed by atoms with Crippen LogP contribution >= 0.6 is 12.4 Å². The Morgan fingerprint density at radius 2 is 2.15 bits per heavy atom. The van der Waals surface area contributed by atoms with Gasteiger partial charge in [-0.05, 0) is 51.2 Å². The van der Waals surface area contributed by atoms with Gasteiger partial charge in [-0.1, -0.05) is 13.8 Å². The van der Waals surface area contributed by atoms with Gasteiger partial charge in [0, 0.05) is 19.6 Å². The highest BCUT2D eigenvalue weighted by Crippen LogP contribution is 2.19. The molecule has 0 bridgehead atoms. The summed E-state index contributed by atoms with van der Waals surface area (Å²) in [5.74, 6) is 0.955. The van der Waals surface area contributed by atoms with Crippen LogP contribution in [-0.4, -0.2) is 61.0 Å². The van der Waals surface area contributed by atoms with Gasteiger partial charge in [-0.15, -0.1) is 12.4 Å². The van der Waals surface area contributed by atoms with Crippen LogP contribution in [-0.2, 0) is 4.79 Å². The lowest BCUT2D eigenvalue weighted by Gasteiger charge is -2.33. The van der Waals surface area contributed by atoms with E-state index in [1.807, 2.05) is 11.9 Å². The number of halogens is 1. The maximum atomic E-state index is 12.5. The number of nitrogens with zero attached hydrogens (tertiary/aromatic N) is 2. The molecule has 0 saturated carbocycles. The minimum Gasteiger partial charge on any atom is -0.343 e. The molecule has 0 spiro atoms. The summed E-state index contributed by atoms with van der Waals surface area (Å²) >= 11 is 0. The standard InChI is InChI=1S/C15H29N3O.ClH/c1-4-18-9-5-6-13(18)11-17(3)15(19)14-10-12(2)7-8-16-14;/h12-14,16H,4-11H2,1-3H3;1H. The van der Waals surface area contributed by atoms with E-state index in [-0.39, 0.29) is 24.4 Å². The van der Waals surface area contributed by atoms with Crippen LogP contribution in [0.25, 0.3) is 0 Å². The number of piperidine rings is 1. The van der Waals surface area contributed by atoms with E-state index in [0.29, 0.717) is 12.0 Å². The van der Waals surface area contributed by atoms with Crippen molar-refractivity contribution in [1.29, 1.82) is 0 Å². The number of carbonyl (C=O) groups excluding carboxylic acids is 1. The zero-order valence-corrected chi connectivity index (χ0v) is 13.9. The van der Waals surface area contributed by atoms with Gasteiger partial charge in [0.2, 0.25) is 5.91 Å². The number of rotatable bonds is 4. The molecule has 5 heteroatoms. The van der Waals surface area contributed by atoms with Crippen molar-refractivity contribution < 1.29 is 4.79 Å². The molecule has 0 aromatic heterocycles. The lowest BCUT2D eigenvalue weighted by molar-refractivity contribution is -0.133. The molecule has 0 aromatic carbocycles. The second kappa shape index (κ2) is 8.20. The zero-order chi connectivity index (χ0) is 13.8. The lowest BCUT2D eigenvalue weighted by atomic mass is 9.93. The Morgan fingerprint density at radius 1 is 1.40 bits per heavy atom. The van der Waals surface area contributed by atoms with Crippen LogP contribution in [0.5, 0.6) is 0 Å². The average molecular weight is 304 g/mol. The first-order valence-corrected chi connectivity index (χ1v) is 7.84. The number of amides is 1. The second-order valence-electron chi connectivity index (χ2n) is 6.28. The fourth-order valence-corrected chi connectivity index (χ4v) is 3.49. The Balaban J connectivity index is 0.00000200. The monoisotopic (exact) mass is 303 g/mol. The molecule has 0 aromatic rings. The van der Waals surface area contributed by atoms with Crippen LogP contribution in [0.15, 0.2) is 0 Å². The quantitative estimate of drug-likeness (QED) is 0.859. The van der Waals surface area contributed by atoms with Crippen molar-refractivity contribution in [3.05, 3.63) is 0 Å². The maximum absolute atomic E-state index is 12.5. The number of hydrogen-bond acceptors (Lipinski definition) is 3. The van der Waals surface area contributed by atoms with Gasteiger partial charge >= 0.3 is 0 Å². The molecule has 4 nitrogen and oxygen atoms in total. The summed E-state index contributed by atoms with van der Waals surface area (Å²) in [4.78, 5) is 16.9. The van der Waals surface area contributed by atoms with Gasteiger partial charge in [-0.25, -0.2) is 0 Å². The van der Waals surface area contributed by atoms with Gasteiger partial charge in [-0.3, -0.25) is 9.69 Å². The highest BCUT2D eigenvalue weighted by atomic mass is 35.5. The van der Waals surface area contributed by atoms with Gasteiger partial charge in [0.15, 0.2) is 0 Å². The molecule has 0 radical (unpaired) electrons. The van der Waals surface area contributed by atoms with Crippen molar-refractivity contribution in [2.24, 2.45) is 5.92 Å². The minimum absolute atomic E-state index is 0. The Bertz CT molecular complexity index is 313. The SMILES string of the molecule is CCN1CCCC1CN(C)C(=O)C1CC(C)CCN1.Cl. The first-order chi connectivity index (χ1) is 9.11. The third kappa shape index (κ3) is 4.34. The highest BCUT2D eigenvalue weighted by Gasteiger charge is 2.30. The molecule has 3 unspecified atom stereocenters.